The van der Waals surface area contributed by atoms with Crippen molar-refractivity contribution in [3.05, 3.63) is 59.2 Å². The predicted molar refractivity (Wildman–Crippen MR) is 97.5 cm³/mol. The molecule has 24 heavy (non-hydrogen) atoms. The lowest BCUT2D eigenvalue weighted by molar-refractivity contribution is -0.114. The van der Waals surface area contributed by atoms with Crippen LogP contribution < -0.4 is 16.0 Å². The summed E-state index contributed by atoms with van der Waals surface area (Å²) in [7, 11) is 0. The van der Waals surface area contributed by atoms with Crippen LogP contribution in [0.25, 0.3) is 0 Å². The molecule has 5 nitrogen and oxygen atoms in total. The molecule has 0 radical (unpaired) electrons. The van der Waals surface area contributed by atoms with Crippen molar-refractivity contribution in [1.82, 2.24) is 5.32 Å². The molecule has 2 rings (SSSR count). The van der Waals surface area contributed by atoms with Crippen molar-refractivity contribution in [2.24, 2.45) is 0 Å². The summed E-state index contributed by atoms with van der Waals surface area (Å²) < 4.78 is 0. The normalized spacial score (nSPS) is 10.1. The fourth-order valence-corrected chi connectivity index (χ4v) is 2.21. The van der Waals surface area contributed by atoms with Crippen LogP contribution in [0.15, 0.2) is 42.5 Å². The average molecular weight is 325 g/mol. The van der Waals surface area contributed by atoms with Gasteiger partial charge in [0.15, 0.2) is 0 Å². The number of benzene rings is 2. The lowest BCUT2D eigenvalue weighted by atomic mass is 10.1. The second-order valence-corrected chi connectivity index (χ2v) is 5.64. The Labute approximate surface area is 142 Å². The van der Waals surface area contributed by atoms with E-state index in [0.29, 0.717) is 17.8 Å². The van der Waals surface area contributed by atoms with E-state index in [4.69, 9.17) is 0 Å². The van der Waals surface area contributed by atoms with Gasteiger partial charge in [-0.1, -0.05) is 6.07 Å². The zero-order chi connectivity index (χ0) is 17.5. The molecule has 0 spiro atoms. The fraction of sp³-hybridized carbons (Fsp3) is 0.263. The standard InChI is InChI=1S/C19H23N3O2/c1-4-20-19(24)15-6-9-16(10-7-15)22-18(23)12-21-17-8-5-13(2)14(3)11-17/h5-11,21H,4,12H2,1-3H3,(H,20,24)(H,22,23). The smallest absolute Gasteiger partial charge is 0.251 e. The van der Waals surface area contributed by atoms with Gasteiger partial charge in [0.25, 0.3) is 5.91 Å². The quantitative estimate of drug-likeness (QED) is 0.764. The third kappa shape index (κ3) is 4.84. The monoisotopic (exact) mass is 325 g/mol. The van der Waals surface area contributed by atoms with E-state index in [1.54, 1.807) is 24.3 Å². The lowest BCUT2D eigenvalue weighted by Gasteiger charge is -2.10. The Morgan fingerprint density at radius 1 is 0.917 bits per heavy atom. The highest BCUT2D eigenvalue weighted by Gasteiger charge is 2.06. The van der Waals surface area contributed by atoms with Gasteiger partial charge in [-0.25, -0.2) is 0 Å². The van der Waals surface area contributed by atoms with Crippen LogP contribution in [-0.4, -0.2) is 24.9 Å². The van der Waals surface area contributed by atoms with E-state index in [0.717, 1.165) is 5.69 Å². The van der Waals surface area contributed by atoms with Gasteiger partial charge in [-0.2, -0.15) is 0 Å². The second-order valence-electron chi connectivity index (χ2n) is 5.64. The van der Waals surface area contributed by atoms with E-state index in [1.165, 1.54) is 11.1 Å². The van der Waals surface area contributed by atoms with Crippen molar-refractivity contribution >= 4 is 23.2 Å². The van der Waals surface area contributed by atoms with Gasteiger partial charge in [-0.15, -0.1) is 0 Å². The van der Waals surface area contributed by atoms with E-state index in [-0.39, 0.29) is 18.4 Å². The lowest BCUT2D eigenvalue weighted by Crippen LogP contribution is -2.23. The van der Waals surface area contributed by atoms with Crippen LogP contribution in [0.4, 0.5) is 11.4 Å². The molecule has 5 heteroatoms. The number of aryl methyl sites for hydroxylation is 2. The number of nitrogens with one attached hydrogen (secondary N) is 3. The summed E-state index contributed by atoms with van der Waals surface area (Å²) in [5.41, 5.74) is 4.55. The zero-order valence-corrected chi connectivity index (χ0v) is 14.3. The molecule has 0 aliphatic rings. The van der Waals surface area contributed by atoms with Crippen LogP contribution in [0, 0.1) is 13.8 Å². The molecule has 0 fully saturated rings. The highest BCUT2D eigenvalue weighted by Crippen LogP contribution is 2.14. The predicted octanol–water partition coefficient (Wildman–Crippen LogP) is 3.10. The molecule has 0 aromatic heterocycles. The first-order chi connectivity index (χ1) is 11.5. The minimum atomic E-state index is -0.140. The van der Waals surface area contributed by atoms with Gasteiger partial charge in [0.2, 0.25) is 5.91 Å². The van der Waals surface area contributed by atoms with Crippen LogP contribution in [0.2, 0.25) is 0 Å². The molecule has 3 N–H and O–H groups in total. The van der Waals surface area contributed by atoms with E-state index in [9.17, 15) is 9.59 Å². The van der Waals surface area contributed by atoms with Gasteiger partial charge in [0.1, 0.15) is 0 Å². The molecular weight excluding hydrogens is 302 g/mol. The largest absolute Gasteiger partial charge is 0.376 e. The topological polar surface area (TPSA) is 70.2 Å². The molecule has 0 saturated carbocycles. The Morgan fingerprint density at radius 3 is 2.21 bits per heavy atom. The van der Waals surface area contributed by atoms with Gasteiger partial charge in [0.05, 0.1) is 6.54 Å². The summed E-state index contributed by atoms with van der Waals surface area (Å²) in [6, 6.07) is 12.8. The summed E-state index contributed by atoms with van der Waals surface area (Å²) >= 11 is 0. The van der Waals surface area contributed by atoms with Crippen LogP contribution in [0.5, 0.6) is 0 Å². The van der Waals surface area contributed by atoms with Crippen molar-refractivity contribution in [1.29, 1.82) is 0 Å². The van der Waals surface area contributed by atoms with Gasteiger partial charge in [-0.3, -0.25) is 9.59 Å². The van der Waals surface area contributed by atoms with Gasteiger partial charge in [0, 0.05) is 23.5 Å². The molecule has 0 unspecified atom stereocenters. The van der Waals surface area contributed by atoms with Crippen LogP contribution in [-0.2, 0) is 4.79 Å². The van der Waals surface area contributed by atoms with E-state index < -0.39 is 0 Å². The maximum atomic E-state index is 12.0. The maximum Gasteiger partial charge on any atom is 0.251 e. The molecule has 0 atom stereocenters. The Balaban J connectivity index is 1.87. The van der Waals surface area contributed by atoms with Crippen molar-refractivity contribution < 1.29 is 9.59 Å². The Morgan fingerprint density at radius 2 is 1.58 bits per heavy atom. The molecule has 2 aromatic carbocycles. The average Bonchev–Trinajstić information content (AvgIpc) is 2.57. The number of anilines is 2. The van der Waals surface area contributed by atoms with E-state index >= 15 is 0 Å². The third-order valence-corrected chi connectivity index (χ3v) is 3.73. The van der Waals surface area contributed by atoms with Crippen LogP contribution >= 0.6 is 0 Å². The SMILES string of the molecule is CCNC(=O)c1ccc(NC(=O)CNc2ccc(C)c(C)c2)cc1. The summed E-state index contributed by atoms with van der Waals surface area (Å²) in [5.74, 6) is -0.259. The molecule has 2 aromatic rings. The molecule has 0 heterocycles. The number of carbonyl (C=O) groups excluding carboxylic acids is 2. The summed E-state index contributed by atoms with van der Waals surface area (Å²) in [6.07, 6.45) is 0. The van der Waals surface area contributed by atoms with Crippen molar-refractivity contribution in [3.8, 4) is 0 Å². The maximum absolute atomic E-state index is 12.0. The molecule has 0 aliphatic carbocycles. The number of rotatable bonds is 6. The summed E-state index contributed by atoms with van der Waals surface area (Å²) in [6.45, 7) is 6.73. The van der Waals surface area contributed by atoms with Crippen molar-refractivity contribution in [2.45, 2.75) is 20.8 Å². The number of carbonyl (C=O) groups is 2. The fourth-order valence-electron chi connectivity index (χ4n) is 2.21. The number of hydrogen-bond acceptors (Lipinski definition) is 3. The molecule has 2 amide bonds. The summed E-state index contributed by atoms with van der Waals surface area (Å²) in [4.78, 5) is 23.7. The third-order valence-electron chi connectivity index (χ3n) is 3.73. The van der Waals surface area contributed by atoms with Crippen molar-refractivity contribution in [3.63, 3.8) is 0 Å². The first-order valence-corrected chi connectivity index (χ1v) is 7.99. The first kappa shape index (κ1) is 17.5. The Bertz CT molecular complexity index is 724. The van der Waals surface area contributed by atoms with E-state index in [1.807, 2.05) is 32.0 Å². The molecule has 0 aliphatic heterocycles. The summed E-state index contributed by atoms with van der Waals surface area (Å²) in [5, 5.41) is 8.64. The first-order valence-electron chi connectivity index (χ1n) is 7.99. The molecule has 126 valence electrons. The second kappa shape index (κ2) is 8.15. The zero-order valence-electron chi connectivity index (χ0n) is 14.3. The van der Waals surface area contributed by atoms with Crippen LogP contribution in [0.3, 0.4) is 0 Å². The molecule has 0 bridgehead atoms. The highest BCUT2D eigenvalue weighted by atomic mass is 16.2. The van der Waals surface area contributed by atoms with Gasteiger partial charge in [-0.05, 0) is 68.3 Å². The van der Waals surface area contributed by atoms with Crippen molar-refractivity contribution in [2.75, 3.05) is 23.7 Å². The minimum Gasteiger partial charge on any atom is -0.376 e. The molecule has 0 saturated heterocycles. The van der Waals surface area contributed by atoms with Gasteiger partial charge >= 0.3 is 0 Å². The van der Waals surface area contributed by atoms with Crippen LogP contribution in [0.1, 0.15) is 28.4 Å². The Kier molecular flexibility index (Phi) is 5.95. The number of amides is 2. The Hall–Kier alpha value is -2.82. The van der Waals surface area contributed by atoms with E-state index in [2.05, 4.69) is 22.9 Å². The molecular formula is C19H23N3O2. The minimum absolute atomic E-state index is 0.119. The highest BCUT2D eigenvalue weighted by molar-refractivity contribution is 5.96. The number of hydrogen-bond donors (Lipinski definition) is 3. The van der Waals surface area contributed by atoms with Gasteiger partial charge < -0.3 is 16.0 Å².